The van der Waals surface area contributed by atoms with Gasteiger partial charge in [-0.3, -0.25) is 9.59 Å². The van der Waals surface area contributed by atoms with Crippen molar-refractivity contribution >= 4 is 23.2 Å². The van der Waals surface area contributed by atoms with Crippen molar-refractivity contribution < 1.29 is 9.59 Å². The fraction of sp³-hybridized carbons (Fsp3) is 0.667. The molecular weight excluding hydrogens is 140 g/mol. The summed E-state index contributed by atoms with van der Waals surface area (Å²) in [6, 6.07) is 0. The maximum absolute atomic E-state index is 10.6. The minimum Gasteiger partial charge on any atom is -0.291 e. The van der Waals surface area contributed by atoms with E-state index in [4.69, 9.17) is 11.6 Å². The van der Waals surface area contributed by atoms with E-state index in [0.29, 0.717) is 12.8 Å². The van der Waals surface area contributed by atoms with Crippen LogP contribution >= 0.6 is 11.6 Å². The average Bonchev–Trinajstić information content (AvgIpc) is 1.83. The molecule has 0 aliphatic heterocycles. The van der Waals surface area contributed by atoms with E-state index in [-0.39, 0.29) is 5.78 Å². The first-order valence-electron chi connectivity index (χ1n) is 2.93. The molecule has 0 heterocycles. The van der Waals surface area contributed by atoms with Gasteiger partial charge in [0.2, 0.25) is 5.78 Å². The number of halogens is 1. The third-order valence-electron chi connectivity index (χ3n) is 1.42. The molecule has 9 heavy (non-hydrogen) atoms. The van der Waals surface area contributed by atoms with Gasteiger partial charge in [-0.25, -0.2) is 0 Å². The molecule has 1 aliphatic rings. The largest absolute Gasteiger partial charge is 0.291 e. The van der Waals surface area contributed by atoms with Crippen LogP contribution in [0.2, 0.25) is 0 Å². The van der Waals surface area contributed by atoms with Crippen LogP contribution in [0.3, 0.4) is 0 Å². The molecule has 0 aromatic rings. The van der Waals surface area contributed by atoms with Crippen molar-refractivity contribution in [1.29, 1.82) is 0 Å². The summed E-state index contributed by atoms with van der Waals surface area (Å²) >= 11 is 5.49. The number of carbonyl (C=O) groups is 2. The Balaban J connectivity index is 2.62. The third kappa shape index (κ3) is 1.30. The molecule has 3 heteroatoms. The summed E-state index contributed by atoms with van der Waals surface area (Å²) in [5.41, 5.74) is 0. The molecule has 0 aromatic heterocycles. The van der Waals surface area contributed by atoms with Crippen molar-refractivity contribution in [2.75, 3.05) is 0 Å². The molecule has 2 nitrogen and oxygen atoms in total. The molecule has 0 aromatic carbocycles. The average molecular weight is 147 g/mol. The van der Waals surface area contributed by atoms with Gasteiger partial charge in [-0.1, -0.05) is 0 Å². The Bertz CT molecular complexity index is 153. The van der Waals surface area contributed by atoms with E-state index in [1.165, 1.54) is 0 Å². The number of carbonyl (C=O) groups excluding carboxylic acids is 2. The van der Waals surface area contributed by atoms with Gasteiger partial charge in [0.05, 0.1) is 5.38 Å². The van der Waals surface area contributed by atoms with Crippen LogP contribution in [-0.4, -0.2) is 16.9 Å². The van der Waals surface area contributed by atoms with Crippen molar-refractivity contribution in [1.82, 2.24) is 0 Å². The molecule has 1 atom stereocenters. The van der Waals surface area contributed by atoms with E-state index in [2.05, 4.69) is 0 Å². The molecule has 1 aliphatic carbocycles. The highest BCUT2D eigenvalue weighted by molar-refractivity contribution is 6.50. The normalized spacial score (nSPS) is 28.8. The van der Waals surface area contributed by atoms with Crippen molar-refractivity contribution in [3.8, 4) is 0 Å². The highest BCUT2D eigenvalue weighted by Gasteiger charge is 2.26. The van der Waals surface area contributed by atoms with E-state index in [1.807, 2.05) is 0 Å². The second-order valence-corrected chi connectivity index (χ2v) is 2.67. The van der Waals surface area contributed by atoms with E-state index in [0.717, 1.165) is 6.42 Å². The van der Waals surface area contributed by atoms with Gasteiger partial charge in [-0.2, -0.15) is 0 Å². The second kappa shape index (κ2) is 2.48. The SMILES string of the molecule is O=C1CCCC(Cl)C1=O. The van der Waals surface area contributed by atoms with Crippen LogP contribution in [0.4, 0.5) is 0 Å². The summed E-state index contributed by atoms with van der Waals surface area (Å²) in [6.07, 6.45) is 1.81. The maximum Gasteiger partial charge on any atom is 0.216 e. The van der Waals surface area contributed by atoms with Crippen LogP contribution < -0.4 is 0 Å². The fourth-order valence-corrected chi connectivity index (χ4v) is 1.15. The zero-order chi connectivity index (χ0) is 6.85. The molecule has 0 spiro atoms. The Labute approximate surface area is 58.2 Å². The lowest BCUT2D eigenvalue weighted by atomic mass is 9.98. The van der Waals surface area contributed by atoms with Crippen LogP contribution in [0.5, 0.6) is 0 Å². The lowest BCUT2D eigenvalue weighted by molar-refractivity contribution is -0.137. The summed E-state index contributed by atoms with van der Waals surface area (Å²) < 4.78 is 0. The molecular formula is C6H7ClO2. The number of alkyl halides is 1. The zero-order valence-electron chi connectivity index (χ0n) is 4.89. The lowest BCUT2D eigenvalue weighted by Gasteiger charge is -2.11. The quantitative estimate of drug-likeness (QED) is 0.376. The van der Waals surface area contributed by atoms with E-state index in [9.17, 15) is 9.59 Å². The van der Waals surface area contributed by atoms with Crippen molar-refractivity contribution in [3.05, 3.63) is 0 Å². The second-order valence-electron chi connectivity index (χ2n) is 2.15. The number of rotatable bonds is 0. The first-order chi connectivity index (χ1) is 4.22. The Morgan fingerprint density at radius 2 is 2.11 bits per heavy atom. The molecule has 1 saturated carbocycles. The Kier molecular flexibility index (Phi) is 1.86. The highest BCUT2D eigenvalue weighted by atomic mass is 35.5. The van der Waals surface area contributed by atoms with E-state index >= 15 is 0 Å². The first-order valence-corrected chi connectivity index (χ1v) is 3.36. The van der Waals surface area contributed by atoms with Gasteiger partial charge < -0.3 is 0 Å². The summed E-state index contributed by atoms with van der Waals surface area (Å²) in [6.45, 7) is 0. The molecule has 0 radical (unpaired) electrons. The number of ketones is 2. The first kappa shape index (κ1) is 6.75. The van der Waals surface area contributed by atoms with Crippen LogP contribution in [-0.2, 0) is 9.59 Å². The number of hydrogen-bond donors (Lipinski definition) is 0. The molecule has 50 valence electrons. The van der Waals surface area contributed by atoms with Crippen molar-refractivity contribution in [2.45, 2.75) is 24.6 Å². The standard InChI is InChI=1S/C6H7ClO2/c7-4-2-1-3-5(8)6(4)9/h4H,1-3H2. The molecule has 0 amide bonds. The van der Waals surface area contributed by atoms with Gasteiger partial charge in [0.25, 0.3) is 0 Å². The smallest absolute Gasteiger partial charge is 0.216 e. The highest BCUT2D eigenvalue weighted by Crippen LogP contribution is 2.16. The molecule has 0 N–H and O–H groups in total. The molecule has 1 unspecified atom stereocenters. The van der Waals surface area contributed by atoms with E-state index in [1.54, 1.807) is 0 Å². The molecule has 1 rings (SSSR count). The summed E-state index contributed by atoms with van der Waals surface area (Å²) in [5.74, 6) is -0.704. The van der Waals surface area contributed by atoms with Crippen molar-refractivity contribution in [2.24, 2.45) is 0 Å². The van der Waals surface area contributed by atoms with Gasteiger partial charge >= 0.3 is 0 Å². The van der Waals surface area contributed by atoms with Crippen molar-refractivity contribution in [3.63, 3.8) is 0 Å². The predicted molar refractivity (Wildman–Crippen MR) is 33.5 cm³/mol. The van der Waals surface area contributed by atoms with Crippen LogP contribution in [0.1, 0.15) is 19.3 Å². The van der Waals surface area contributed by atoms with Crippen LogP contribution in [0.15, 0.2) is 0 Å². The summed E-state index contributed by atoms with van der Waals surface area (Å²) in [5, 5.41) is -0.536. The monoisotopic (exact) mass is 146 g/mol. The summed E-state index contributed by atoms with van der Waals surface area (Å²) in [4.78, 5) is 21.2. The predicted octanol–water partition coefficient (Wildman–Crippen LogP) is 0.916. The number of Topliss-reactive ketones (excluding diaryl/α,β-unsaturated/α-hetero) is 2. The summed E-state index contributed by atoms with van der Waals surface area (Å²) in [7, 11) is 0. The van der Waals surface area contributed by atoms with Gasteiger partial charge in [0.15, 0.2) is 5.78 Å². The Morgan fingerprint density at radius 3 is 2.56 bits per heavy atom. The lowest BCUT2D eigenvalue weighted by Crippen LogP contribution is -2.28. The zero-order valence-corrected chi connectivity index (χ0v) is 5.65. The minimum atomic E-state index is -0.536. The van der Waals surface area contributed by atoms with Gasteiger partial charge in [0.1, 0.15) is 0 Å². The van der Waals surface area contributed by atoms with Crippen LogP contribution in [0.25, 0.3) is 0 Å². The van der Waals surface area contributed by atoms with E-state index < -0.39 is 11.2 Å². The van der Waals surface area contributed by atoms with Gasteiger partial charge in [0, 0.05) is 6.42 Å². The molecule has 0 saturated heterocycles. The van der Waals surface area contributed by atoms with Crippen LogP contribution in [0, 0.1) is 0 Å². The Morgan fingerprint density at radius 1 is 1.44 bits per heavy atom. The third-order valence-corrected chi connectivity index (χ3v) is 1.84. The Hall–Kier alpha value is -0.370. The number of hydrogen-bond acceptors (Lipinski definition) is 2. The topological polar surface area (TPSA) is 34.1 Å². The van der Waals surface area contributed by atoms with Gasteiger partial charge in [-0.15, -0.1) is 11.6 Å². The van der Waals surface area contributed by atoms with Gasteiger partial charge in [-0.05, 0) is 12.8 Å². The fourth-order valence-electron chi connectivity index (χ4n) is 0.871. The molecule has 1 fully saturated rings. The minimum absolute atomic E-state index is 0.304. The maximum atomic E-state index is 10.6. The molecule has 0 bridgehead atoms.